The first kappa shape index (κ1) is 16.2. The molecule has 0 aliphatic carbocycles. The van der Waals surface area contributed by atoms with Crippen molar-refractivity contribution >= 4 is 0 Å². The van der Waals surface area contributed by atoms with Crippen LogP contribution in [0.1, 0.15) is 11.7 Å². The SMILES string of the molecule is O[C@@H](Cn1cnc(-c2ccccc2)c1-c1ccncc1)c1ccccc1. The van der Waals surface area contributed by atoms with Crippen LogP contribution in [0.2, 0.25) is 0 Å². The molecule has 128 valence electrons. The van der Waals surface area contributed by atoms with Crippen molar-refractivity contribution in [2.24, 2.45) is 0 Å². The second-order valence-corrected chi connectivity index (χ2v) is 6.12. The number of benzene rings is 2. The van der Waals surface area contributed by atoms with Gasteiger partial charge in [-0.2, -0.15) is 0 Å². The Hall–Kier alpha value is -3.24. The monoisotopic (exact) mass is 341 g/mol. The standard InChI is InChI=1S/C22H19N3O/c26-20(17-7-3-1-4-8-17)15-25-16-24-21(18-9-5-2-6-10-18)22(25)19-11-13-23-14-12-19/h1-14,16,20,26H,15H2/t20-/m0/s1. The summed E-state index contributed by atoms with van der Waals surface area (Å²) in [5.41, 5.74) is 4.85. The van der Waals surface area contributed by atoms with E-state index in [0.29, 0.717) is 6.54 Å². The van der Waals surface area contributed by atoms with Crippen molar-refractivity contribution in [2.45, 2.75) is 12.6 Å². The zero-order valence-corrected chi connectivity index (χ0v) is 14.2. The van der Waals surface area contributed by atoms with Gasteiger partial charge in [0.25, 0.3) is 0 Å². The van der Waals surface area contributed by atoms with Gasteiger partial charge in [-0.3, -0.25) is 4.98 Å². The molecule has 0 spiro atoms. The number of rotatable bonds is 5. The van der Waals surface area contributed by atoms with E-state index in [-0.39, 0.29) is 0 Å². The molecule has 4 heteroatoms. The van der Waals surface area contributed by atoms with Crippen molar-refractivity contribution in [1.82, 2.24) is 14.5 Å². The second kappa shape index (κ2) is 7.33. The average molecular weight is 341 g/mol. The van der Waals surface area contributed by atoms with Crippen molar-refractivity contribution in [2.75, 3.05) is 0 Å². The summed E-state index contributed by atoms with van der Waals surface area (Å²) < 4.78 is 2.01. The van der Waals surface area contributed by atoms with E-state index in [1.54, 1.807) is 18.7 Å². The molecule has 0 saturated carbocycles. The molecule has 1 atom stereocenters. The molecule has 0 fully saturated rings. The van der Waals surface area contributed by atoms with Gasteiger partial charge in [-0.15, -0.1) is 0 Å². The zero-order valence-electron chi connectivity index (χ0n) is 14.2. The van der Waals surface area contributed by atoms with Crippen LogP contribution < -0.4 is 0 Å². The number of pyridine rings is 1. The van der Waals surface area contributed by atoms with Crippen molar-refractivity contribution in [3.05, 3.63) is 97.1 Å². The Balaban J connectivity index is 1.77. The maximum absolute atomic E-state index is 10.7. The molecule has 0 amide bonds. The van der Waals surface area contributed by atoms with Crippen LogP contribution in [0.25, 0.3) is 22.5 Å². The minimum absolute atomic E-state index is 0.432. The van der Waals surface area contributed by atoms with Crippen LogP contribution in [0.4, 0.5) is 0 Å². The summed E-state index contributed by atoms with van der Waals surface area (Å²) >= 11 is 0. The topological polar surface area (TPSA) is 50.9 Å². The Kier molecular flexibility index (Phi) is 4.58. The van der Waals surface area contributed by atoms with E-state index in [1.165, 1.54) is 0 Å². The third-order valence-electron chi connectivity index (χ3n) is 4.39. The van der Waals surface area contributed by atoms with Crippen LogP contribution in [-0.2, 0) is 6.54 Å². The fraction of sp³-hybridized carbons (Fsp3) is 0.0909. The minimum Gasteiger partial charge on any atom is -0.387 e. The summed E-state index contributed by atoms with van der Waals surface area (Å²) in [5, 5.41) is 10.7. The predicted molar refractivity (Wildman–Crippen MR) is 102 cm³/mol. The lowest BCUT2D eigenvalue weighted by Crippen LogP contribution is -2.09. The minimum atomic E-state index is -0.602. The van der Waals surface area contributed by atoms with E-state index in [0.717, 1.165) is 28.1 Å². The fourth-order valence-electron chi connectivity index (χ4n) is 3.11. The summed E-state index contributed by atoms with van der Waals surface area (Å²) in [4.78, 5) is 8.76. The smallest absolute Gasteiger partial charge is 0.0969 e. The van der Waals surface area contributed by atoms with E-state index >= 15 is 0 Å². The number of hydrogen-bond acceptors (Lipinski definition) is 3. The van der Waals surface area contributed by atoms with Crippen molar-refractivity contribution in [3.8, 4) is 22.5 Å². The molecule has 0 bridgehead atoms. The van der Waals surface area contributed by atoms with E-state index in [4.69, 9.17) is 0 Å². The van der Waals surface area contributed by atoms with E-state index in [9.17, 15) is 5.11 Å². The Morgan fingerprint density at radius 3 is 2.15 bits per heavy atom. The highest BCUT2D eigenvalue weighted by molar-refractivity contribution is 5.78. The lowest BCUT2D eigenvalue weighted by atomic mass is 10.0. The predicted octanol–water partition coefficient (Wildman–Crippen LogP) is 4.35. The maximum Gasteiger partial charge on any atom is 0.0969 e. The first-order valence-electron chi connectivity index (χ1n) is 8.57. The molecule has 2 heterocycles. The molecule has 1 N–H and O–H groups in total. The third-order valence-corrected chi connectivity index (χ3v) is 4.39. The summed E-state index contributed by atoms with van der Waals surface area (Å²) in [7, 11) is 0. The summed E-state index contributed by atoms with van der Waals surface area (Å²) in [6, 6.07) is 23.7. The average Bonchev–Trinajstić information content (AvgIpc) is 3.13. The first-order chi connectivity index (χ1) is 12.8. The van der Waals surface area contributed by atoms with Crippen molar-refractivity contribution < 1.29 is 5.11 Å². The molecule has 4 nitrogen and oxygen atoms in total. The number of aliphatic hydroxyl groups excluding tert-OH is 1. The number of nitrogens with zero attached hydrogens (tertiary/aromatic N) is 3. The Morgan fingerprint density at radius 2 is 1.46 bits per heavy atom. The van der Waals surface area contributed by atoms with Gasteiger partial charge in [-0.1, -0.05) is 60.7 Å². The van der Waals surface area contributed by atoms with Crippen LogP contribution >= 0.6 is 0 Å². The molecular weight excluding hydrogens is 322 g/mol. The molecule has 2 aromatic carbocycles. The van der Waals surface area contributed by atoms with Gasteiger partial charge in [0.15, 0.2) is 0 Å². The van der Waals surface area contributed by atoms with Crippen LogP contribution in [0, 0.1) is 0 Å². The number of imidazole rings is 1. The molecule has 0 saturated heterocycles. The molecule has 0 aliphatic rings. The Morgan fingerprint density at radius 1 is 0.808 bits per heavy atom. The summed E-state index contributed by atoms with van der Waals surface area (Å²) in [6.45, 7) is 0.432. The van der Waals surface area contributed by atoms with E-state index in [2.05, 4.69) is 9.97 Å². The summed E-state index contributed by atoms with van der Waals surface area (Å²) in [6.07, 6.45) is 4.74. The van der Waals surface area contributed by atoms with Gasteiger partial charge in [-0.05, 0) is 17.7 Å². The quantitative estimate of drug-likeness (QED) is 0.587. The van der Waals surface area contributed by atoms with Crippen LogP contribution in [0.3, 0.4) is 0 Å². The lowest BCUT2D eigenvalue weighted by molar-refractivity contribution is 0.157. The molecule has 26 heavy (non-hydrogen) atoms. The second-order valence-electron chi connectivity index (χ2n) is 6.12. The van der Waals surface area contributed by atoms with E-state index < -0.39 is 6.10 Å². The van der Waals surface area contributed by atoms with Crippen LogP contribution in [0.15, 0.2) is 91.5 Å². The van der Waals surface area contributed by atoms with Crippen LogP contribution in [0.5, 0.6) is 0 Å². The van der Waals surface area contributed by atoms with Gasteiger partial charge in [0, 0.05) is 23.5 Å². The molecule has 4 aromatic rings. The highest BCUT2D eigenvalue weighted by Gasteiger charge is 2.17. The first-order valence-corrected chi connectivity index (χ1v) is 8.57. The molecule has 0 radical (unpaired) electrons. The van der Waals surface area contributed by atoms with Gasteiger partial charge in [0.2, 0.25) is 0 Å². The van der Waals surface area contributed by atoms with Gasteiger partial charge in [-0.25, -0.2) is 4.98 Å². The molecule has 0 aliphatic heterocycles. The third kappa shape index (κ3) is 3.27. The lowest BCUT2D eigenvalue weighted by Gasteiger charge is -2.15. The number of aliphatic hydroxyl groups is 1. The normalized spacial score (nSPS) is 12.0. The molecule has 2 aromatic heterocycles. The van der Waals surface area contributed by atoms with E-state index in [1.807, 2.05) is 77.4 Å². The zero-order chi connectivity index (χ0) is 17.8. The number of hydrogen-bond donors (Lipinski definition) is 1. The Labute approximate surface area is 152 Å². The summed E-state index contributed by atoms with van der Waals surface area (Å²) in [5.74, 6) is 0. The Bertz CT molecular complexity index is 966. The van der Waals surface area contributed by atoms with Gasteiger partial charge < -0.3 is 9.67 Å². The maximum atomic E-state index is 10.7. The van der Waals surface area contributed by atoms with Crippen molar-refractivity contribution in [3.63, 3.8) is 0 Å². The van der Waals surface area contributed by atoms with Crippen LogP contribution in [-0.4, -0.2) is 19.6 Å². The van der Waals surface area contributed by atoms with Gasteiger partial charge >= 0.3 is 0 Å². The molecule has 0 unspecified atom stereocenters. The fourth-order valence-corrected chi connectivity index (χ4v) is 3.11. The highest BCUT2D eigenvalue weighted by atomic mass is 16.3. The molecule has 4 rings (SSSR count). The van der Waals surface area contributed by atoms with Gasteiger partial charge in [0.05, 0.1) is 30.4 Å². The number of aromatic nitrogens is 3. The van der Waals surface area contributed by atoms with Crippen molar-refractivity contribution in [1.29, 1.82) is 0 Å². The molecular formula is C22H19N3O. The van der Waals surface area contributed by atoms with Gasteiger partial charge in [0.1, 0.15) is 0 Å². The highest BCUT2D eigenvalue weighted by Crippen LogP contribution is 2.32. The largest absolute Gasteiger partial charge is 0.387 e.